The molecule has 0 spiro atoms. The Kier molecular flexibility index (Phi) is 4.35. The lowest BCUT2D eigenvalue weighted by molar-refractivity contribution is 0.404. The molecule has 2 rings (SSSR count). The lowest BCUT2D eigenvalue weighted by Crippen LogP contribution is -2.15. The van der Waals surface area contributed by atoms with Gasteiger partial charge in [0.05, 0.1) is 7.11 Å². The summed E-state index contributed by atoms with van der Waals surface area (Å²) in [6.07, 6.45) is 0.212. The first-order valence-corrected chi connectivity index (χ1v) is 6.36. The predicted octanol–water partition coefficient (Wildman–Crippen LogP) is 3.52. The van der Waals surface area contributed by atoms with E-state index in [4.69, 9.17) is 10.5 Å². The van der Waals surface area contributed by atoms with Crippen molar-refractivity contribution >= 4 is 0 Å². The van der Waals surface area contributed by atoms with E-state index in [9.17, 15) is 8.78 Å². The molecule has 2 N–H and O–H groups in total. The molecular weight excluding hydrogens is 260 g/mol. The van der Waals surface area contributed by atoms with E-state index in [0.717, 1.165) is 17.2 Å². The molecule has 106 valence electrons. The van der Waals surface area contributed by atoms with Crippen LogP contribution in [-0.2, 0) is 6.42 Å². The van der Waals surface area contributed by atoms with E-state index in [2.05, 4.69) is 0 Å². The van der Waals surface area contributed by atoms with Gasteiger partial charge in [-0.2, -0.15) is 0 Å². The molecule has 0 aliphatic rings. The molecule has 1 atom stereocenters. The smallest absolute Gasteiger partial charge is 0.162 e. The SMILES string of the molecule is COc1ccc(C)cc1C(N)Cc1cccc(F)c1F. The van der Waals surface area contributed by atoms with Crippen LogP contribution in [0.4, 0.5) is 8.78 Å². The van der Waals surface area contributed by atoms with Crippen molar-refractivity contribution in [3.63, 3.8) is 0 Å². The topological polar surface area (TPSA) is 35.2 Å². The fourth-order valence-corrected chi connectivity index (χ4v) is 2.20. The van der Waals surface area contributed by atoms with Crippen molar-refractivity contribution in [3.05, 3.63) is 64.7 Å². The van der Waals surface area contributed by atoms with Gasteiger partial charge >= 0.3 is 0 Å². The molecule has 2 nitrogen and oxygen atoms in total. The second kappa shape index (κ2) is 6.01. The lowest BCUT2D eigenvalue weighted by atomic mass is 9.97. The average molecular weight is 277 g/mol. The summed E-state index contributed by atoms with van der Waals surface area (Å²) >= 11 is 0. The summed E-state index contributed by atoms with van der Waals surface area (Å²) < 4.78 is 32.1. The van der Waals surface area contributed by atoms with Crippen LogP contribution in [0.1, 0.15) is 22.7 Å². The molecular formula is C16H17F2NO. The van der Waals surface area contributed by atoms with Gasteiger partial charge in [-0.15, -0.1) is 0 Å². The zero-order chi connectivity index (χ0) is 14.7. The highest BCUT2D eigenvalue weighted by atomic mass is 19.2. The van der Waals surface area contributed by atoms with Gasteiger partial charge < -0.3 is 10.5 Å². The lowest BCUT2D eigenvalue weighted by Gasteiger charge is -2.17. The van der Waals surface area contributed by atoms with E-state index >= 15 is 0 Å². The Bertz CT molecular complexity index is 613. The van der Waals surface area contributed by atoms with Crippen LogP contribution in [0.5, 0.6) is 5.75 Å². The number of aryl methyl sites for hydroxylation is 1. The quantitative estimate of drug-likeness (QED) is 0.928. The molecule has 0 aromatic heterocycles. The molecule has 4 heteroatoms. The molecule has 0 aliphatic heterocycles. The summed E-state index contributed by atoms with van der Waals surface area (Å²) in [5.41, 5.74) is 8.21. The third-order valence-corrected chi connectivity index (χ3v) is 3.26. The molecule has 2 aromatic carbocycles. The maximum atomic E-state index is 13.7. The number of ether oxygens (including phenoxy) is 1. The van der Waals surface area contributed by atoms with Gasteiger partial charge in [0.15, 0.2) is 11.6 Å². The van der Waals surface area contributed by atoms with Crippen molar-refractivity contribution in [1.29, 1.82) is 0 Å². The van der Waals surface area contributed by atoms with Gasteiger partial charge in [-0.25, -0.2) is 8.78 Å². The number of benzene rings is 2. The van der Waals surface area contributed by atoms with Gasteiger partial charge in [0.25, 0.3) is 0 Å². The van der Waals surface area contributed by atoms with Crippen molar-refractivity contribution in [3.8, 4) is 5.75 Å². The van der Waals surface area contributed by atoms with Crippen LogP contribution in [0.15, 0.2) is 36.4 Å². The maximum Gasteiger partial charge on any atom is 0.162 e. The monoisotopic (exact) mass is 277 g/mol. The molecule has 0 fully saturated rings. The van der Waals surface area contributed by atoms with Gasteiger partial charge in [-0.3, -0.25) is 0 Å². The first kappa shape index (κ1) is 14.5. The van der Waals surface area contributed by atoms with Crippen molar-refractivity contribution in [2.24, 2.45) is 5.73 Å². The first-order valence-electron chi connectivity index (χ1n) is 6.36. The third kappa shape index (κ3) is 2.96. The third-order valence-electron chi connectivity index (χ3n) is 3.26. The number of hydrogen-bond acceptors (Lipinski definition) is 2. The summed E-state index contributed by atoms with van der Waals surface area (Å²) in [6.45, 7) is 1.94. The fourth-order valence-electron chi connectivity index (χ4n) is 2.20. The number of halogens is 2. The van der Waals surface area contributed by atoms with Gasteiger partial charge in [0.1, 0.15) is 5.75 Å². The highest BCUT2D eigenvalue weighted by Crippen LogP contribution is 2.28. The zero-order valence-corrected chi connectivity index (χ0v) is 11.5. The second-order valence-corrected chi connectivity index (χ2v) is 4.77. The number of nitrogens with two attached hydrogens (primary N) is 1. The minimum Gasteiger partial charge on any atom is -0.496 e. The van der Waals surface area contributed by atoms with Gasteiger partial charge in [-0.05, 0) is 31.0 Å². The fraction of sp³-hybridized carbons (Fsp3) is 0.250. The van der Waals surface area contributed by atoms with Crippen LogP contribution >= 0.6 is 0 Å². The Hall–Kier alpha value is -1.94. The molecule has 0 amide bonds. The number of rotatable bonds is 4. The Morgan fingerprint density at radius 3 is 2.65 bits per heavy atom. The van der Waals surface area contributed by atoms with Crippen LogP contribution in [0, 0.1) is 18.6 Å². The van der Waals surface area contributed by atoms with E-state index in [1.54, 1.807) is 13.2 Å². The largest absolute Gasteiger partial charge is 0.496 e. The van der Waals surface area contributed by atoms with Gasteiger partial charge in [0.2, 0.25) is 0 Å². The van der Waals surface area contributed by atoms with Crippen LogP contribution in [-0.4, -0.2) is 7.11 Å². The summed E-state index contributed by atoms with van der Waals surface area (Å²) in [7, 11) is 1.56. The molecule has 0 saturated heterocycles. The molecule has 0 aliphatic carbocycles. The van der Waals surface area contributed by atoms with Crippen LogP contribution in [0.3, 0.4) is 0 Å². The minimum atomic E-state index is -0.856. The van der Waals surface area contributed by atoms with Crippen molar-refractivity contribution < 1.29 is 13.5 Å². The average Bonchev–Trinajstić information content (AvgIpc) is 2.43. The summed E-state index contributed by atoms with van der Waals surface area (Å²) in [5, 5.41) is 0. The van der Waals surface area contributed by atoms with E-state index in [1.165, 1.54) is 6.07 Å². The van der Waals surface area contributed by atoms with E-state index in [1.807, 2.05) is 25.1 Å². The molecule has 20 heavy (non-hydrogen) atoms. The number of hydrogen-bond donors (Lipinski definition) is 1. The normalized spacial score (nSPS) is 12.2. The first-order chi connectivity index (χ1) is 9.52. The molecule has 0 bridgehead atoms. The van der Waals surface area contributed by atoms with Crippen LogP contribution in [0.2, 0.25) is 0 Å². The van der Waals surface area contributed by atoms with E-state index < -0.39 is 17.7 Å². The zero-order valence-electron chi connectivity index (χ0n) is 11.5. The molecule has 0 heterocycles. The molecule has 0 saturated carbocycles. The van der Waals surface area contributed by atoms with Crippen molar-refractivity contribution in [2.45, 2.75) is 19.4 Å². The van der Waals surface area contributed by atoms with E-state index in [0.29, 0.717) is 5.75 Å². The van der Waals surface area contributed by atoms with Crippen molar-refractivity contribution in [2.75, 3.05) is 7.11 Å². The van der Waals surface area contributed by atoms with Crippen LogP contribution < -0.4 is 10.5 Å². The Labute approximate surface area is 117 Å². The summed E-state index contributed by atoms with van der Waals surface area (Å²) in [6, 6.07) is 9.30. The Morgan fingerprint density at radius 2 is 1.95 bits per heavy atom. The van der Waals surface area contributed by atoms with Gasteiger partial charge in [0, 0.05) is 11.6 Å². The maximum absolute atomic E-state index is 13.7. The highest BCUT2D eigenvalue weighted by molar-refractivity contribution is 5.40. The molecule has 2 aromatic rings. The molecule has 1 unspecified atom stereocenters. The highest BCUT2D eigenvalue weighted by Gasteiger charge is 2.16. The van der Waals surface area contributed by atoms with E-state index in [-0.39, 0.29) is 12.0 Å². The van der Waals surface area contributed by atoms with Crippen LogP contribution in [0.25, 0.3) is 0 Å². The second-order valence-electron chi connectivity index (χ2n) is 4.77. The standard InChI is InChI=1S/C16H17F2NO/c1-10-6-7-15(20-2)12(8-10)14(19)9-11-4-3-5-13(17)16(11)18/h3-8,14H,9,19H2,1-2H3. The Balaban J connectivity index is 2.30. The van der Waals surface area contributed by atoms with Gasteiger partial charge in [-0.1, -0.05) is 29.8 Å². The Morgan fingerprint density at radius 1 is 1.20 bits per heavy atom. The number of methoxy groups -OCH3 is 1. The molecule has 0 radical (unpaired) electrons. The summed E-state index contributed by atoms with van der Waals surface area (Å²) in [4.78, 5) is 0. The predicted molar refractivity (Wildman–Crippen MR) is 74.7 cm³/mol. The minimum absolute atomic E-state index is 0.212. The summed E-state index contributed by atoms with van der Waals surface area (Å²) in [5.74, 6) is -1.04. The van der Waals surface area contributed by atoms with Crippen molar-refractivity contribution in [1.82, 2.24) is 0 Å².